The molecule has 0 aliphatic rings. The van der Waals surface area contributed by atoms with E-state index in [4.69, 9.17) is 5.11 Å². The van der Waals surface area contributed by atoms with Crippen LogP contribution in [0.5, 0.6) is 0 Å². The SMILES string of the molecule is CNC(=O)c1cccc(NS(=O)(=O)CCC(=O)O)c1C. The summed E-state index contributed by atoms with van der Waals surface area (Å²) >= 11 is 0. The van der Waals surface area contributed by atoms with Crippen molar-refractivity contribution in [1.29, 1.82) is 0 Å². The number of hydrogen-bond acceptors (Lipinski definition) is 4. The zero-order valence-electron chi connectivity index (χ0n) is 11.1. The molecule has 0 bridgehead atoms. The van der Waals surface area contributed by atoms with E-state index in [2.05, 4.69) is 10.0 Å². The number of carbonyl (C=O) groups is 2. The first-order valence-electron chi connectivity index (χ1n) is 5.81. The van der Waals surface area contributed by atoms with Crippen LogP contribution < -0.4 is 10.0 Å². The molecule has 3 N–H and O–H groups in total. The zero-order chi connectivity index (χ0) is 15.3. The maximum absolute atomic E-state index is 11.7. The van der Waals surface area contributed by atoms with Gasteiger partial charge in [-0.15, -0.1) is 0 Å². The molecule has 0 aromatic heterocycles. The molecule has 0 saturated carbocycles. The number of carbonyl (C=O) groups excluding carboxylic acids is 1. The van der Waals surface area contributed by atoms with E-state index in [0.29, 0.717) is 11.1 Å². The van der Waals surface area contributed by atoms with Crippen LogP contribution in [-0.4, -0.2) is 38.2 Å². The Morgan fingerprint density at radius 3 is 2.50 bits per heavy atom. The third-order valence-electron chi connectivity index (χ3n) is 2.66. The number of nitrogens with one attached hydrogen (secondary N) is 2. The number of hydrogen-bond donors (Lipinski definition) is 3. The van der Waals surface area contributed by atoms with Gasteiger partial charge in [0.25, 0.3) is 5.91 Å². The standard InChI is InChI=1S/C12H16N2O5S/c1-8-9(12(17)13-2)4-3-5-10(8)14-20(18,19)7-6-11(15)16/h3-5,14H,6-7H2,1-2H3,(H,13,17)(H,15,16). The van der Waals surface area contributed by atoms with Crippen molar-refractivity contribution in [1.82, 2.24) is 5.32 Å². The van der Waals surface area contributed by atoms with Crippen molar-refractivity contribution >= 4 is 27.6 Å². The molecule has 7 nitrogen and oxygen atoms in total. The van der Waals surface area contributed by atoms with Crippen LogP contribution in [0.2, 0.25) is 0 Å². The van der Waals surface area contributed by atoms with E-state index in [1.807, 2.05) is 0 Å². The molecule has 0 heterocycles. The molecule has 0 atom stereocenters. The van der Waals surface area contributed by atoms with Crippen LogP contribution in [0.15, 0.2) is 18.2 Å². The molecule has 8 heteroatoms. The van der Waals surface area contributed by atoms with Crippen LogP contribution in [0.1, 0.15) is 22.3 Å². The predicted octanol–water partition coefficient (Wildman–Crippen LogP) is 0.571. The Morgan fingerprint density at radius 2 is 1.95 bits per heavy atom. The number of anilines is 1. The molecule has 0 saturated heterocycles. The summed E-state index contributed by atoms with van der Waals surface area (Å²) in [5.74, 6) is -2.04. The van der Waals surface area contributed by atoms with Gasteiger partial charge in [-0.3, -0.25) is 14.3 Å². The molecular weight excluding hydrogens is 284 g/mol. The molecule has 0 spiro atoms. The number of benzene rings is 1. The third-order valence-corrected chi connectivity index (χ3v) is 3.93. The topological polar surface area (TPSA) is 113 Å². The lowest BCUT2D eigenvalue weighted by Gasteiger charge is -2.12. The fourth-order valence-corrected chi connectivity index (χ4v) is 2.67. The van der Waals surface area contributed by atoms with Crippen LogP contribution in [0.25, 0.3) is 0 Å². The highest BCUT2D eigenvalue weighted by atomic mass is 32.2. The molecule has 1 aromatic carbocycles. The second-order valence-corrected chi connectivity index (χ2v) is 5.96. The van der Waals surface area contributed by atoms with E-state index >= 15 is 0 Å². The van der Waals surface area contributed by atoms with E-state index in [-0.39, 0.29) is 11.6 Å². The van der Waals surface area contributed by atoms with E-state index in [1.165, 1.54) is 13.1 Å². The van der Waals surface area contributed by atoms with Gasteiger partial charge in [-0.2, -0.15) is 0 Å². The Morgan fingerprint density at radius 1 is 1.30 bits per heavy atom. The number of sulfonamides is 1. The van der Waals surface area contributed by atoms with Crippen molar-refractivity contribution in [3.63, 3.8) is 0 Å². The van der Waals surface area contributed by atoms with E-state index in [1.54, 1.807) is 19.1 Å². The van der Waals surface area contributed by atoms with Gasteiger partial charge < -0.3 is 10.4 Å². The summed E-state index contributed by atoms with van der Waals surface area (Å²) in [7, 11) is -2.29. The Kier molecular flexibility index (Phi) is 5.09. The third kappa shape index (κ3) is 4.23. The zero-order valence-corrected chi connectivity index (χ0v) is 12.0. The van der Waals surface area contributed by atoms with Gasteiger partial charge >= 0.3 is 5.97 Å². The molecule has 0 aliphatic heterocycles. The minimum absolute atomic E-state index is 0.261. The van der Waals surface area contributed by atoms with Crippen molar-refractivity contribution in [2.24, 2.45) is 0 Å². The van der Waals surface area contributed by atoms with Gasteiger partial charge in [-0.25, -0.2) is 8.42 Å². The van der Waals surface area contributed by atoms with Gasteiger partial charge in [0, 0.05) is 12.6 Å². The molecule has 0 aliphatic carbocycles. The fraction of sp³-hybridized carbons (Fsp3) is 0.333. The van der Waals surface area contributed by atoms with Gasteiger partial charge in [0.1, 0.15) is 0 Å². The maximum Gasteiger partial charge on any atom is 0.304 e. The molecule has 1 amide bonds. The first-order valence-corrected chi connectivity index (χ1v) is 7.46. The number of carboxylic acid groups (broad SMARTS) is 1. The number of carboxylic acids is 1. The van der Waals surface area contributed by atoms with Crippen molar-refractivity contribution in [3.05, 3.63) is 29.3 Å². The predicted molar refractivity (Wildman–Crippen MR) is 74.2 cm³/mol. The molecule has 0 unspecified atom stereocenters. The van der Waals surface area contributed by atoms with Crippen molar-refractivity contribution in [2.45, 2.75) is 13.3 Å². The minimum Gasteiger partial charge on any atom is -0.481 e. The average Bonchev–Trinajstić information content (AvgIpc) is 2.38. The highest BCUT2D eigenvalue weighted by Crippen LogP contribution is 2.20. The maximum atomic E-state index is 11.7. The van der Waals surface area contributed by atoms with Gasteiger partial charge in [-0.05, 0) is 24.6 Å². The molecule has 0 radical (unpaired) electrons. The Hall–Kier alpha value is -2.09. The fourth-order valence-electron chi connectivity index (χ4n) is 1.57. The highest BCUT2D eigenvalue weighted by molar-refractivity contribution is 7.92. The normalized spacial score (nSPS) is 10.9. The number of amides is 1. The monoisotopic (exact) mass is 300 g/mol. The average molecular weight is 300 g/mol. The molecule has 20 heavy (non-hydrogen) atoms. The molecular formula is C12H16N2O5S. The van der Waals surface area contributed by atoms with Crippen molar-refractivity contribution < 1.29 is 23.1 Å². The minimum atomic E-state index is -3.76. The number of aliphatic carboxylic acids is 1. The van der Waals surface area contributed by atoms with Crippen LogP contribution >= 0.6 is 0 Å². The second kappa shape index (κ2) is 6.38. The lowest BCUT2D eigenvalue weighted by molar-refractivity contribution is -0.136. The molecule has 1 rings (SSSR count). The van der Waals surface area contributed by atoms with Crippen LogP contribution in [0.3, 0.4) is 0 Å². The summed E-state index contributed by atoms with van der Waals surface area (Å²) in [5, 5.41) is 11.0. The summed E-state index contributed by atoms with van der Waals surface area (Å²) in [5.41, 5.74) is 1.09. The first kappa shape index (κ1) is 16.0. The van der Waals surface area contributed by atoms with Gasteiger partial charge in [0.05, 0.1) is 17.9 Å². The Labute approximate surface area is 117 Å². The van der Waals surface area contributed by atoms with Gasteiger partial charge in [0.2, 0.25) is 10.0 Å². The van der Waals surface area contributed by atoms with E-state index in [9.17, 15) is 18.0 Å². The second-order valence-electron chi connectivity index (χ2n) is 4.12. The van der Waals surface area contributed by atoms with Crippen LogP contribution in [0, 0.1) is 6.92 Å². The smallest absolute Gasteiger partial charge is 0.304 e. The summed E-state index contributed by atoms with van der Waals surface area (Å²) in [6.07, 6.45) is -0.483. The Balaban J connectivity index is 2.99. The molecule has 0 fully saturated rings. The lowest BCUT2D eigenvalue weighted by Crippen LogP contribution is -2.22. The van der Waals surface area contributed by atoms with E-state index in [0.717, 1.165) is 0 Å². The van der Waals surface area contributed by atoms with Crippen molar-refractivity contribution in [3.8, 4) is 0 Å². The molecule has 1 aromatic rings. The highest BCUT2D eigenvalue weighted by Gasteiger charge is 2.16. The molecule has 110 valence electrons. The summed E-state index contributed by atoms with van der Waals surface area (Å²) in [6, 6.07) is 4.63. The number of rotatable bonds is 6. The quantitative estimate of drug-likeness (QED) is 0.711. The van der Waals surface area contributed by atoms with Crippen molar-refractivity contribution in [2.75, 3.05) is 17.5 Å². The van der Waals surface area contributed by atoms with E-state index < -0.39 is 28.2 Å². The van der Waals surface area contributed by atoms with Crippen LogP contribution in [0.4, 0.5) is 5.69 Å². The summed E-state index contributed by atoms with van der Waals surface area (Å²) < 4.78 is 25.8. The summed E-state index contributed by atoms with van der Waals surface area (Å²) in [4.78, 5) is 22.0. The first-order chi connectivity index (χ1) is 9.26. The lowest BCUT2D eigenvalue weighted by atomic mass is 10.1. The Bertz CT molecular complexity index is 625. The van der Waals surface area contributed by atoms with Gasteiger partial charge in [0.15, 0.2) is 0 Å². The van der Waals surface area contributed by atoms with Crippen LogP contribution in [-0.2, 0) is 14.8 Å². The van der Waals surface area contributed by atoms with Gasteiger partial charge in [-0.1, -0.05) is 6.07 Å². The largest absolute Gasteiger partial charge is 0.481 e. The summed E-state index contributed by atoms with van der Waals surface area (Å²) in [6.45, 7) is 1.61.